The van der Waals surface area contributed by atoms with Crippen LogP contribution in [0, 0.1) is 0 Å². The molecule has 1 aromatic heterocycles. The largest absolute Gasteiger partial charge is 0.485 e. The van der Waals surface area contributed by atoms with Crippen LogP contribution in [0.2, 0.25) is 0 Å². The summed E-state index contributed by atoms with van der Waals surface area (Å²) in [7, 11) is 1.63. The molecule has 116 valence electrons. The monoisotopic (exact) mass is 303 g/mol. The predicted octanol–water partition coefficient (Wildman–Crippen LogP) is 1.31. The molecule has 0 fully saturated rings. The van der Waals surface area contributed by atoms with Gasteiger partial charge in [0.1, 0.15) is 6.61 Å². The number of nitrogens with one attached hydrogen (secondary N) is 1. The molecule has 7 heteroatoms. The first-order valence-corrected chi connectivity index (χ1v) is 6.97. The highest BCUT2D eigenvalue weighted by atomic mass is 16.6. The molecule has 1 atom stereocenters. The van der Waals surface area contributed by atoms with Crippen LogP contribution in [0.25, 0.3) is 0 Å². The van der Waals surface area contributed by atoms with Crippen LogP contribution >= 0.6 is 0 Å². The molecule has 3 rings (SSSR count). The molecule has 0 bridgehead atoms. The molecule has 1 N–H and O–H groups in total. The van der Waals surface area contributed by atoms with Crippen molar-refractivity contribution in [3.8, 4) is 11.5 Å². The quantitative estimate of drug-likeness (QED) is 0.901. The van der Waals surface area contributed by atoms with Gasteiger partial charge in [-0.25, -0.2) is 0 Å². The van der Waals surface area contributed by atoms with E-state index in [1.54, 1.807) is 30.3 Å². The van der Waals surface area contributed by atoms with Crippen molar-refractivity contribution in [1.29, 1.82) is 0 Å². The average Bonchev–Trinajstić information content (AvgIpc) is 2.99. The molecule has 0 saturated heterocycles. The number of methoxy groups -OCH3 is 1. The van der Waals surface area contributed by atoms with Gasteiger partial charge in [0.05, 0.1) is 25.0 Å². The molecule has 1 unspecified atom stereocenters. The second-order valence-electron chi connectivity index (χ2n) is 4.84. The summed E-state index contributed by atoms with van der Waals surface area (Å²) in [5.41, 5.74) is 0.614. The maximum absolute atomic E-state index is 12.2. The predicted molar refractivity (Wildman–Crippen MR) is 79.1 cm³/mol. The second-order valence-corrected chi connectivity index (χ2v) is 4.84. The van der Waals surface area contributed by atoms with E-state index in [1.165, 1.54) is 0 Å². The third kappa shape index (κ3) is 3.20. The minimum atomic E-state index is -0.683. The van der Waals surface area contributed by atoms with Gasteiger partial charge in [-0.3, -0.25) is 9.48 Å². The van der Waals surface area contributed by atoms with Crippen molar-refractivity contribution in [2.75, 3.05) is 25.6 Å². The Kier molecular flexibility index (Phi) is 4.24. The minimum Gasteiger partial charge on any atom is -0.485 e. The first-order valence-electron chi connectivity index (χ1n) is 6.97. The van der Waals surface area contributed by atoms with Crippen molar-refractivity contribution in [2.45, 2.75) is 12.6 Å². The number of fused-ring (bicyclic) bond motifs is 1. The van der Waals surface area contributed by atoms with Crippen LogP contribution in [0.4, 0.5) is 5.69 Å². The van der Waals surface area contributed by atoms with Crippen LogP contribution in [0.3, 0.4) is 0 Å². The SMILES string of the molecule is COCCn1cc(NC(=O)C2COc3ccccc3O2)cn1. The Labute approximate surface area is 127 Å². The normalized spacial score (nSPS) is 16.3. The topological polar surface area (TPSA) is 74.6 Å². The maximum atomic E-state index is 12.2. The molecular formula is C15H17N3O4. The van der Waals surface area contributed by atoms with Crippen LogP contribution in [0.5, 0.6) is 11.5 Å². The summed E-state index contributed by atoms with van der Waals surface area (Å²) in [6.45, 7) is 1.37. The summed E-state index contributed by atoms with van der Waals surface area (Å²) in [6, 6.07) is 7.28. The van der Waals surface area contributed by atoms with Crippen LogP contribution in [0.15, 0.2) is 36.7 Å². The number of rotatable bonds is 5. The molecule has 22 heavy (non-hydrogen) atoms. The molecule has 7 nitrogen and oxygen atoms in total. The number of amides is 1. The number of nitrogens with zero attached hydrogens (tertiary/aromatic N) is 2. The van der Waals surface area contributed by atoms with Crippen molar-refractivity contribution in [3.05, 3.63) is 36.7 Å². The van der Waals surface area contributed by atoms with Crippen LogP contribution in [0.1, 0.15) is 0 Å². The van der Waals surface area contributed by atoms with Crippen molar-refractivity contribution in [3.63, 3.8) is 0 Å². The molecule has 1 aliphatic rings. The molecule has 0 spiro atoms. The number of para-hydroxylation sites is 2. The number of ether oxygens (including phenoxy) is 3. The summed E-state index contributed by atoms with van der Waals surface area (Å²) in [5, 5.41) is 6.91. The molecule has 2 heterocycles. The van der Waals surface area contributed by atoms with Crippen molar-refractivity contribution >= 4 is 11.6 Å². The van der Waals surface area contributed by atoms with Gasteiger partial charge in [-0.15, -0.1) is 0 Å². The molecule has 0 radical (unpaired) electrons. The summed E-state index contributed by atoms with van der Waals surface area (Å²) in [5.74, 6) is 0.962. The molecule has 0 saturated carbocycles. The van der Waals surface area contributed by atoms with E-state index in [0.717, 1.165) is 0 Å². The molecule has 0 aliphatic carbocycles. The maximum Gasteiger partial charge on any atom is 0.269 e. The Morgan fingerprint density at radius 2 is 2.27 bits per heavy atom. The van der Waals surface area contributed by atoms with Gasteiger partial charge in [0.15, 0.2) is 11.5 Å². The highest BCUT2D eigenvalue weighted by molar-refractivity contribution is 5.94. The Morgan fingerprint density at radius 3 is 3.09 bits per heavy atom. The molecule has 1 aromatic carbocycles. The Bertz CT molecular complexity index is 656. The zero-order valence-corrected chi connectivity index (χ0v) is 12.2. The van der Waals surface area contributed by atoms with Crippen LogP contribution in [-0.4, -0.2) is 42.1 Å². The lowest BCUT2D eigenvalue weighted by Crippen LogP contribution is -2.40. The molecule has 1 amide bonds. The number of hydrogen-bond donors (Lipinski definition) is 1. The number of hydrogen-bond acceptors (Lipinski definition) is 5. The Hall–Kier alpha value is -2.54. The Morgan fingerprint density at radius 1 is 1.45 bits per heavy atom. The first-order chi connectivity index (χ1) is 10.8. The van der Waals surface area contributed by atoms with Crippen molar-refractivity contribution in [2.24, 2.45) is 0 Å². The number of aromatic nitrogens is 2. The van der Waals surface area contributed by atoms with Gasteiger partial charge in [-0.1, -0.05) is 12.1 Å². The Balaban J connectivity index is 1.60. The lowest BCUT2D eigenvalue weighted by atomic mass is 10.2. The molecular weight excluding hydrogens is 286 g/mol. The number of carbonyl (C=O) groups is 1. The van der Waals surface area contributed by atoms with E-state index >= 15 is 0 Å². The summed E-state index contributed by atoms with van der Waals surface area (Å²) in [6.07, 6.45) is 2.65. The highest BCUT2D eigenvalue weighted by Crippen LogP contribution is 2.31. The van der Waals surface area contributed by atoms with E-state index in [2.05, 4.69) is 10.4 Å². The van der Waals surface area contributed by atoms with Gasteiger partial charge in [0.25, 0.3) is 5.91 Å². The smallest absolute Gasteiger partial charge is 0.269 e. The minimum absolute atomic E-state index is 0.181. The summed E-state index contributed by atoms with van der Waals surface area (Å²) in [4.78, 5) is 12.2. The van der Waals surface area contributed by atoms with Gasteiger partial charge in [-0.05, 0) is 12.1 Å². The number of anilines is 1. The lowest BCUT2D eigenvalue weighted by Gasteiger charge is -2.25. The molecule has 2 aromatic rings. The van der Waals surface area contributed by atoms with Crippen LogP contribution < -0.4 is 14.8 Å². The number of carbonyl (C=O) groups excluding carboxylic acids is 1. The van der Waals surface area contributed by atoms with Gasteiger partial charge >= 0.3 is 0 Å². The van der Waals surface area contributed by atoms with E-state index in [9.17, 15) is 4.79 Å². The average molecular weight is 303 g/mol. The van der Waals surface area contributed by atoms with E-state index in [-0.39, 0.29) is 12.5 Å². The third-order valence-electron chi connectivity index (χ3n) is 3.23. The fraction of sp³-hybridized carbons (Fsp3) is 0.333. The van der Waals surface area contributed by atoms with Gasteiger partial charge < -0.3 is 19.5 Å². The summed E-state index contributed by atoms with van der Waals surface area (Å²) < 4.78 is 17.9. The van der Waals surface area contributed by atoms with E-state index in [4.69, 9.17) is 14.2 Å². The summed E-state index contributed by atoms with van der Waals surface area (Å²) >= 11 is 0. The van der Waals surface area contributed by atoms with Crippen LogP contribution in [-0.2, 0) is 16.1 Å². The van der Waals surface area contributed by atoms with E-state index in [0.29, 0.717) is 30.3 Å². The first kappa shape index (κ1) is 14.4. The van der Waals surface area contributed by atoms with E-state index < -0.39 is 6.10 Å². The van der Waals surface area contributed by atoms with Gasteiger partial charge in [-0.2, -0.15) is 5.10 Å². The van der Waals surface area contributed by atoms with E-state index in [1.807, 2.05) is 18.2 Å². The van der Waals surface area contributed by atoms with Crippen molar-refractivity contribution < 1.29 is 19.0 Å². The molecule has 1 aliphatic heterocycles. The third-order valence-corrected chi connectivity index (χ3v) is 3.23. The lowest BCUT2D eigenvalue weighted by molar-refractivity contribution is -0.125. The zero-order valence-electron chi connectivity index (χ0n) is 12.2. The fourth-order valence-corrected chi connectivity index (χ4v) is 2.11. The van der Waals surface area contributed by atoms with Gasteiger partial charge in [0, 0.05) is 13.3 Å². The second kappa shape index (κ2) is 6.48. The standard InChI is InChI=1S/C15H17N3O4/c1-20-7-6-18-9-11(8-16-18)17-15(19)14-10-21-12-4-2-3-5-13(12)22-14/h2-5,8-9,14H,6-7,10H2,1H3,(H,17,19). The zero-order chi connectivity index (χ0) is 15.4. The highest BCUT2D eigenvalue weighted by Gasteiger charge is 2.27. The van der Waals surface area contributed by atoms with Crippen molar-refractivity contribution in [1.82, 2.24) is 9.78 Å². The fourth-order valence-electron chi connectivity index (χ4n) is 2.11. The van der Waals surface area contributed by atoms with Gasteiger partial charge in [0.2, 0.25) is 6.10 Å². The number of benzene rings is 1.